The van der Waals surface area contributed by atoms with Crippen LogP contribution >= 0.6 is 0 Å². The molecule has 1 nitrogen and oxygen atoms in total. The fourth-order valence-corrected chi connectivity index (χ4v) is 4.27. The van der Waals surface area contributed by atoms with Gasteiger partial charge in [-0.25, -0.2) is 8.78 Å². The van der Waals surface area contributed by atoms with E-state index in [4.69, 9.17) is 0 Å². The van der Waals surface area contributed by atoms with Gasteiger partial charge in [0.1, 0.15) is 5.82 Å². The summed E-state index contributed by atoms with van der Waals surface area (Å²) in [7, 11) is 0. The largest absolute Gasteiger partial charge is 0.573 e. The van der Waals surface area contributed by atoms with Gasteiger partial charge in [-0.3, -0.25) is 0 Å². The molecule has 39 heavy (non-hydrogen) atoms. The second-order valence-electron chi connectivity index (χ2n) is 9.16. The first-order valence-electron chi connectivity index (χ1n) is 12.8. The number of alkyl halides is 3. The number of aryl methyl sites for hydroxylation is 2. The summed E-state index contributed by atoms with van der Waals surface area (Å²) in [5.74, 6) is 3.64. The highest BCUT2D eigenvalue weighted by molar-refractivity contribution is 5.72. The quantitative estimate of drug-likeness (QED) is 0.169. The van der Waals surface area contributed by atoms with Crippen LogP contribution in [-0.4, -0.2) is 6.36 Å². The summed E-state index contributed by atoms with van der Waals surface area (Å²) in [4.78, 5) is 0. The third-order valence-corrected chi connectivity index (χ3v) is 6.37. The van der Waals surface area contributed by atoms with Crippen LogP contribution < -0.4 is 4.74 Å². The Bertz CT molecular complexity index is 1510. The van der Waals surface area contributed by atoms with Crippen molar-refractivity contribution >= 4 is 0 Å². The minimum atomic E-state index is -5.02. The Morgan fingerprint density at radius 1 is 0.718 bits per heavy atom. The highest BCUT2D eigenvalue weighted by Crippen LogP contribution is 2.33. The fraction of sp³-hybridized carbons (Fsp3) is 0.212. The number of ether oxygens (including phenoxy) is 1. The van der Waals surface area contributed by atoms with Gasteiger partial charge in [-0.2, -0.15) is 0 Å². The molecule has 0 aromatic heterocycles. The van der Waals surface area contributed by atoms with E-state index < -0.39 is 23.7 Å². The lowest BCUT2D eigenvalue weighted by atomic mass is 9.95. The number of unbranched alkanes of at least 4 members (excludes halogenated alkanes) is 1. The maximum absolute atomic E-state index is 15.0. The third-order valence-electron chi connectivity index (χ3n) is 6.37. The zero-order chi connectivity index (χ0) is 28.0. The Morgan fingerprint density at radius 3 is 2.03 bits per heavy atom. The first kappa shape index (κ1) is 27.9. The minimum absolute atomic E-state index is 0.0649. The molecular formula is C33H27F5O. The summed E-state index contributed by atoms with van der Waals surface area (Å²) in [6.45, 7) is 4.20. The molecule has 0 atom stereocenters. The Morgan fingerprint density at radius 2 is 1.38 bits per heavy atom. The van der Waals surface area contributed by atoms with Crippen LogP contribution in [0.2, 0.25) is 0 Å². The van der Waals surface area contributed by atoms with Crippen LogP contribution in [0.4, 0.5) is 22.0 Å². The second-order valence-corrected chi connectivity index (χ2v) is 9.16. The predicted octanol–water partition coefficient (Wildman–Crippen LogP) is 9.50. The maximum atomic E-state index is 15.0. The smallest absolute Gasteiger partial charge is 0.403 e. The van der Waals surface area contributed by atoms with Crippen LogP contribution in [0.5, 0.6) is 5.75 Å². The minimum Gasteiger partial charge on any atom is -0.403 e. The van der Waals surface area contributed by atoms with Gasteiger partial charge < -0.3 is 4.74 Å². The van der Waals surface area contributed by atoms with Gasteiger partial charge in [0, 0.05) is 16.7 Å². The Kier molecular flexibility index (Phi) is 8.71. The first-order chi connectivity index (χ1) is 18.7. The van der Waals surface area contributed by atoms with E-state index in [2.05, 4.69) is 35.6 Å². The van der Waals surface area contributed by atoms with Crippen molar-refractivity contribution in [3.05, 3.63) is 113 Å². The second kappa shape index (κ2) is 12.2. The lowest BCUT2D eigenvalue weighted by Crippen LogP contribution is -2.17. The molecule has 4 aromatic rings. The molecule has 0 N–H and O–H groups in total. The van der Waals surface area contributed by atoms with Crippen LogP contribution in [-0.2, 0) is 12.8 Å². The maximum Gasteiger partial charge on any atom is 0.573 e. The van der Waals surface area contributed by atoms with Gasteiger partial charge in [0.15, 0.2) is 11.6 Å². The summed E-state index contributed by atoms with van der Waals surface area (Å²) in [6, 6.07) is 21.4. The van der Waals surface area contributed by atoms with E-state index in [0.29, 0.717) is 5.56 Å². The summed E-state index contributed by atoms with van der Waals surface area (Å²) >= 11 is 0. The van der Waals surface area contributed by atoms with Crippen LogP contribution in [0.3, 0.4) is 0 Å². The van der Waals surface area contributed by atoms with Crippen molar-refractivity contribution in [2.75, 3.05) is 0 Å². The highest BCUT2D eigenvalue weighted by atomic mass is 19.4. The van der Waals surface area contributed by atoms with Crippen LogP contribution in [0, 0.1) is 23.5 Å². The molecule has 0 radical (unpaired) electrons. The lowest BCUT2D eigenvalue weighted by molar-refractivity contribution is -0.275. The highest BCUT2D eigenvalue weighted by Gasteiger charge is 2.32. The molecule has 4 rings (SSSR count). The summed E-state index contributed by atoms with van der Waals surface area (Å²) < 4.78 is 70.0. The average molecular weight is 535 g/mol. The predicted molar refractivity (Wildman–Crippen MR) is 144 cm³/mol. The van der Waals surface area contributed by atoms with Crippen molar-refractivity contribution in [3.8, 4) is 39.8 Å². The van der Waals surface area contributed by atoms with Gasteiger partial charge in [0.2, 0.25) is 0 Å². The van der Waals surface area contributed by atoms with E-state index in [1.54, 1.807) is 6.07 Å². The Balaban J connectivity index is 1.55. The first-order valence-corrected chi connectivity index (χ1v) is 12.8. The molecule has 0 amide bonds. The molecule has 0 saturated heterocycles. The van der Waals surface area contributed by atoms with Gasteiger partial charge >= 0.3 is 6.36 Å². The molecule has 0 unspecified atom stereocenters. The Hall–Kier alpha value is -4.11. The lowest BCUT2D eigenvalue weighted by Gasteiger charge is -2.12. The van der Waals surface area contributed by atoms with E-state index in [1.165, 1.54) is 23.8 Å². The molecule has 6 heteroatoms. The zero-order valence-corrected chi connectivity index (χ0v) is 21.6. The van der Waals surface area contributed by atoms with E-state index >= 15 is 4.39 Å². The topological polar surface area (TPSA) is 9.23 Å². The summed E-state index contributed by atoms with van der Waals surface area (Å²) in [5.41, 5.74) is 5.73. The summed E-state index contributed by atoms with van der Waals surface area (Å²) in [5, 5.41) is 0. The van der Waals surface area contributed by atoms with Gasteiger partial charge in [0.05, 0.1) is 0 Å². The standard InChI is InChI=1S/C33H27F5O/c1-3-5-6-22-7-9-23(10-8-22)11-12-25-13-14-26(19-24(25)4-2)27-15-17-29(30(34)20-27)28-16-18-32(31(35)21-28)39-33(36,37)38/h7-10,13-21H,3-6H2,1-2H3. The van der Waals surface area contributed by atoms with E-state index in [9.17, 15) is 17.6 Å². The van der Waals surface area contributed by atoms with E-state index in [-0.39, 0.29) is 11.1 Å². The number of hydrogen-bond acceptors (Lipinski definition) is 1. The molecule has 0 aliphatic heterocycles. The van der Waals surface area contributed by atoms with Crippen LogP contribution in [0.25, 0.3) is 22.3 Å². The molecule has 0 fully saturated rings. The van der Waals surface area contributed by atoms with E-state index in [1.807, 2.05) is 37.3 Å². The normalized spacial score (nSPS) is 11.2. The number of benzene rings is 4. The van der Waals surface area contributed by atoms with Crippen molar-refractivity contribution in [3.63, 3.8) is 0 Å². The van der Waals surface area contributed by atoms with E-state index in [0.717, 1.165) is 60.1 Å². The summed E-state index contributed by atoms with van der Waals surface area (Å²) in [6.07, 6.45) is -0.900. The molecule has 0 aliphatic rings. The van der Waals surface area contributed by atoms with Crippen LogP contribution in [0.15, 0.2) is 78.9 Å². The van der Waals surface area contributed by atoms with Crippen LogP contribution in [0.1, 0.15) is 48.9 Å². The molecule has 4 aromatic carbocycles. The van der Waals surface area contributed by atoms with Gasteiger partial charge in [-0.15, -0.1) is 13.2 Å². The van der Waals surface area contributed by atoms with Gasteiger partial charge in [-0.1, -0.05) is 68.5 Å². The number of rotatable bonds is 7. The monoisotopic (exact) mass is 534 g/mol. The number of hydrogen-bond donors (Lipinski definition) is 0. The molecule has 200 valence electrons. The van der Waals surface area contributed by atoms with Crippen molar-refractivity contribution in [2.24, 2.45) is 0 Å². The van der Waals surface area contributed by atoms with Gasteiger partial charge in [0.25, 0.3) is 0 Å². The zero-order valence-electron chi connectivity index (χ0n) is 21.6. The molecule has 0 aliphatic carbocycles. The molecule has 0 spiro atoms. The van der Waals surface area contributed by atoms with Crippen molar-refractivity contribution < 1.29 is 26.7 Å². The third kappa shape index (κ3) is 7.26. The molecule has 0 saturated carbocycles. The fourth-order valence-electron chi connectivity index (χ4n) is 4.27. The van der Waals surface area contributed by atoms with Crippen molar-refractivity contribution in [1.82, 2.24) is 0 Å². The SMILES string of the molecule is CCCCc1ccc(C#Cc2ccc(-c3ccc(-c4ccc(OC(F)(F)F)c(F)c4)c(F)c3)cc2CC)cc1. The van der Waals surface area contributed by atoms with Crippen molar-refractivity contribution in [2.45, 2.75) is 45.9 Å². The molecular weight excluding hydrogens is 507 g/mol. The Labute approximate surface area is 225 Å². The van der Waals surface area contributed by atoms with Crippen molar-refractivity contribution in [1.29, 1.82) is 0 Å². The molecule has 0 heterocycles. The molecule has 0 bridgehead atoms. The average Bonchev–Trinajstić information content (AvgIpc) is 2.91. The van der Waals surface area contributed by atoms with Gasteiger partial charge in [-0.05, 0) is 89.5 Å². The number of halogens is 5.